The summed E-state index contributed by atoms with van der Waals surface area (Å²) in [7, 11) is 0. The van der Waals surface area contributed by atoms with Gasteiger partial charge in [-0.1, -0.05) is 12.2 Å². The molecule has 1 fully saturated rings. The molecule has 1 saturated carbocycles. The third kappa shape index (κ3) is 3.53. The van der Waals surface area contributed by atoms with Gasteiger partial charge >= 0.3 is 5.97 Å². The Morgan fingerprint density at radius 2 is 2.42 bits per heavy atom. The number of carboxylic acid groups (broad SMARTS) is 1. The van der Waals surface area contributed by atoms with E-state index in [2.05, 4.69) is 11.9 Å². The second-order valence-corrected chi connectivity index (χ2v) is 3.27. The molecule has 1 rings (SSSR count). The molecule has 0 aromatic carbocycles. The Hall–Kier alpha value is -0.830. The summed E-state index contributed by atoms with van der Waals surface area (Å²) in [6, 6.07) is 0. The van der Waals surface area contributed by atoms with E-state index in [0.29, 0.717) is 0 Å². The van der Waals surface area contributed by atoms with Crippen LogP contribution in [0.15, 0.2) is 12.2 Å². The van der Waals surface area contributed by atoms with Gasteiger partial charge in [0, 0.05) is 0 Å². The van der Waals surface area contributed by atoms with Gasteiger partial charge in [-0.2, -0.15) is 0 Å². The molecule has 0 aromatic heterocycles. The lowest BCUT2D eigenvalue weighted by Crippen LogP contribution is -2.23. The van der Waals surface area contributed by atoms with Crippen LogP contribution in [0.1, 0.15) is 19.3 Å². The largest absolute Gasteiger partial charge is 0.480 e. The fourth-order valence-corrected chi connectivity index (χ4v) is 1.23. The fourth-order valence-electron chi connectivity index (χ4n) is 1.23. The van der Waals surface area contributed by atoms with Gasteiger partial charge in [0.25, 0.3) is 0 Å². The zero-order chi connectivity index (χ0) is 8.97. The van der Waals surface area contributed by atoms with E-state index >= 15 is 0 Å². The molecule has 0 amide bonds. The molecule has 3 nitrogen and oxygen atoms in total. The van der Waals surface area contributed by atoms with Crippen LogP contribution in [0.25, 0.3) is 0 Å². The number of aliphatic carboxylic acids is 1. The van der Waals surface area contributed by atoms with Crippen molar-refractivity contribution in [1.82, 2.24) is 5.32 Å². The minimum Gasteiger partial charge on any atom is -0.480 e. The van der Waals surface area contributed by atoms with Gasteiger partial charge in [0.05, 0.1) is 6.54 Å². The molecule has 0 bridgehead atoms. The molecule has 1 atom stereocenters. The summed E-state index contributed by atoms with van der Waals surface area (Å²) in [5.41, 5.74) is 1.35. The number of allylic oxidation sites excluding steroid dienone is 1. The van der Waals surface area contributed by atoms with Gasteiger partial charge in [-0.25, -0.2) is 0 Å². The number of nitrogens with one attached hydrogen (secondary N) is 1. The van der Waals surface area contributed by atoms with Crippen molar-refractivity contribution >= 4 is 5.97 Å². The Morgan fingerprint density at radius 1 is 1.75 bits per heavy atom. The average molecular weight is 169 g/mol. The maximum Gasteiger partial charge on any atom is 0.317 e. The molecular weight excluding hydrogens is 154 g/mol. The average Bonchev–Trinajstić information content (AvgIpc) is 2.65. The third-order valence-corrected chi connectivity index (χ3v) is 2.11. The summed E-state index contributed by atoms with van der Waals surface area (Å²) in [6.07, 6.45) is 3.39. The molecule has 0 radical (unpaired) electrons. The lowest BCUT2D eigenvalue weighted by molar-refractivity contribution is -0.135. The fraction of sp³-hybridized carbons (Fsp3) is 0.667. The molecule has 2 N–H and O–H groups in total. The number of hydrogen-bond donors (Lipinski definition) is 2. The highest BCUT2D eigenvalue weighted by Crippen LogP contribution is 2.39. The van der Waals surface area contributed by atoms with E-state index in [1.807, 2.05) is 0 Å². The van der Waals surface area contributed by atoms with Crippen LogP contribution in [0.5, 0.6) is 0 Å². The first-order valence-electron chi connectivity index (χ1n) is 4.30. The third-order valence-electron chi connectivity index (χ3n) is 2.11. The first-order valence-corrected chi connectivity index (χ1v) is 4.30. The van der Waals surface area contributed by atoms with Crippen molar-refractivity contribution in [2.75, 3.05) is 13.1 Å². The molecule has 1 aliphatic carbocycles. The number of rotatable bonds is 6. The molecular formula is C9H15NO2. The second-order valence-electron chi connectivity index (χ2n) is 3.27. The Labute approximate surface area is 72.5 Å². The molecule has 1 aliphatic rings. The quantitative estimate of drug-likeness (QED) is 0.461. The highest BCUT2D eigenvalue weighted by Gasteiger charge is 2.25. The Bertz CT molecular complexity index is 189. The molecule has 12 heavy (non-hydrogen) atoms. The summed E-state index contributed by atoms with van der Waals surface area (Å²) in [5.74, 6) is -0.0533. The maximum atomic E-state index is 10.1. The van der Waals surface area contributed by atoms with E-state index in [9.17, 15) is 4.79 Å². The van der Waals surface area contributed by atoms with Crippen LogP contribution in [0.2, 0.25) is 0 Å². The summed E-state index contributed by atoms with van der Waals surface area (Å²) in [5, 5.41) is 11.2. The Kier molecular flexibility index (Phi) is 3.29. The molecule has 68 valence electrons. The van der Waals surface area contributed by atoms with E-state index in [4.69, 9.17) is 5.11 Å². The highest BCUT2D eigenvalue weighted by molar-refractivity contribution is 5.68. The molecule has 3 heteroatoms. The van der Waals surface area contributed by atoms with Crippen molar-refractivity contribution in [3.8, 4) is 0 Å². The van der Waals surface area contributed by atoms with Crippen LogP contribution < -0.4 is 5.32 Å². The minimum absolute atomic E-state index is 0.0750. The van der Waals surface area contributed by atoms with Crippen LogP contribution >= 0.6 is 0 Å². The molecule has 0 aliphatic heterocycles. The number of carbonyl (C=O) groups is 1. The summed E-state index contributed by atoms with van der Waals surface area (Å²) in [6.45, 7) is 4.74. The van der Waals surface area contributed by atoms with Crippen molar-refractivity contribution in [3.05, 3.63) is 12.2 Å². The lowest BCUT2D eigenvalue weighted by atomic mass is 10.2. The second kappa shape index (κ2) is 4.26. The normalized spacial score (nSPS) is 21.0. The number of hydrogen-bond acceptors (Lipinski definition) is 2. The van der Waals surface area contributed by atoms with Crippen molar-refractivity contribution < 1.29 is 9.90 Å². The lowest BCUT2D eigenvalue weighted by Gasteiger charge is -1.99. The molecule has 0 spiro atoms. The predicted octanol–water partition coefficient (Wildman–Crippen LogP) is 1.02. The van der Waals surface area contributed by atoms with Crippen molar-refractivity contribution in [1.29, 1.82) is 0 Å². The van der Waals surface area contributed by atoms with Gasteiger partial charge in [-0.05, 0) is 31.7 Å². The summed E-state index contributed by atoms with van der Waals surface area (Å²) in [4.78, 5) is 10.1. The van der Waals surface area contributed by atoms with E-state index in [1.165, 1.54) is 12.0 Å². The van der Waals surface area contributed by atoms with Gasteiger partial charge < -0.3 is 10.4 Å². The van der Waals surface area contributed by atoms with E-state index in [1.54, 1.807) is 0 Å². The zero-order valence-electron chi connectivity index (χ0n) is 7.18. The Morgan fingerprint density at radius 3 is 2.92 bits per heavy atom. The minimum atomic E-state index is -0.786. The maximum absolute atomic E-state index is 10.1. The van der Waals surface area contributed by atoms with Crippen molar-refractivity contribution in [2.24, 2.45) is 5.92 Å². The van der Waals surface area contributed by atoms with Crippen LogP contribution in [0, 0.1) is 5.92 Å². The Balaban J connectivity index is 1.83. The SMILES string of the molecule is C=C1CC1CCCNCC(=O)O. The van der Waals surface area contributed by atoms with Crippen molar-refractivity contribution in [3.63, 3.8) is 0 Å². The number of carboxylic acids is 1. The van der Waals surface area contributed by atoms with Gasteiger partial charge in [0.15, 0.2) is 0 Å². The van der Waals surface area contributed by atoms with Crippen molar-refractivity contribution in [2.45, 2.75) is 19.3 Å². The molecule has 0 heterocycles. The van der Waals surface area contributed by atoms with E-state index in [-0.39, 0.29) is 6.54 Å². The van der Waals surface area contributed by atoms with Crippen LogP contribution in [0.3, 0.4) is 0 Å². The summed E-state index contributed by atoms with van der Waals surface area (Å²) >= 11 is 0. The standard InChI is InChI=1S/C9H15NO2/c1-7-5-8(7)3-2-4-10-6-9(11)12/h8,10H,1-6H2,(H,11,12). The van der Waals surface area contributed by atoms with Crippen LogP contribution in [-0.2, 0) is 4.79 Å². The molecule has 1 unspecified atom stereocenters. The van der Waals surface area contributed by atoms with Gasteiger partial charge in [0.2, 0.25) is 0 Å². The smallest absolute Gasteiger partial charge is 0.317 e. The van der Waals surface area contributed by atoms with E-state index < -0.39 is 5.97 Å². The predicted molar refractivity (Wildman–Crippen MR) is 47.0 cm³/mol. The molecule has 0 aromatic rings. The van der Waals surface area contributed by atoms with Gasteiger partial charge in [-0.3, -0.25) is 4.79 Å². The van der Waals surface area contributed by atoms with Gasteiger partial charge in [0.1, 0.15) is 0 Å². The molecule has 0 saturated heterocycles. The topological polar surface area (TPSA) is 49.3 Å². The van der Waals surface area contributed by atoms with Crippen LogP contribution in [-0.4, -0.2) is 24.2 Å². The van der Waals surface area contributed by atoms with Gasteiger partial charge in [-0.15, -0.1) is 0 Å². The first kappa shape index (κ1) is 9.26. The monoisotopic (exact) mass is 169 g/mol. The summed E-state index contributed by atoms with van der Waals surface area (Å²) < 4.78 is 0. The van der Waals surface area contributed by atoms with Crippen LogP contribution in [0.4, 0.5) is 0 Å². The highest BCUT2D eigenvalue weighted by atomic mass is 16.4. The van der Waals surface area contributed by atoms with E-state index in [0.717, 1.165) is 25.3 Å². The first-order chi connectivity index (χ1) is 5.70. The zero-order valence-corrected chi connectivity index (χ0v) is 7.18.